The van der Waals surface area contributed by atoms with Crippen molar-refractivity contribution in [3.8, 4) is 12.3 Å². The number of nitrogens with one attached hydrogen (secondary N) is 1. The maximum absolute atomic E-state index is 11.9. The lowest BCUT2D eigenvalue weighted by atomic mass is 9.95. The van der Waals surface area contributed by atoms with Crippen molar-refractivity contribution in [2.45, 2.75) is 38.6 Å². The van der Waals surface area contributed by atoms with Crippen LogP contribution in [-0.4, -0.2) is 18.5 Å². The van der Waals surface area contributed by atoms with Gasteiger partial charge in [0.15, 0.2) is 0 Å². The molecule has 3 atom stereocenters. The number of nitrogens with two attached hydrogens (primary N) is 1. The minimum atomic E-state index is 0.0709. The Bertz CT molecular complexity index is 257. The highest BCUT2D eigenvalue weighted by molar-refractivity contribution is 5.79. The molecule has 0 aromatic heterocycles. The zero-order valence-electron chi connectivity index (χ0n) is 9.33. The minimum absolute atomic E-state index is 0.0709. The molecule has 1 amide bonds. The van der Waals surface area contributed by atoms with Gasteiger partial charge < -0.3 is 11.1 Å². The predicted molar refractivity (Wildman–Crippen MR) is 60.9 cm³/mol. The predicted octanol–water partition coefficient (Wildman–Crippen LogP) is 0.889. The number of hydrogen-bond acceptors (Lipinski definition) is 2. The highest BCUT2D eigenvalue weighted by Gasteiger charge is 2.32. The third-order valence-electron chi connectivity index (χ3n) is 3.11. The summed E-state index contributed by atoms with van der Waals surface area (Å²) in [7, 11) is 0. The molecular formula is C12H20N2O. The maximum Gasteiger partial charge on any atom is 0.223 e. The molecule has 1 aliphatic rings. The average molecular weight is 208 g/mol. The first kappa shape index (κ1) is 12.1. The number of terminal acetylenes is 1. The van der Waals surface area contributed by atoms with Gasteiger partial charge in [0.05, 0.1) is 0 Å². The summed E-state index contributed by atoms with van der Waals surface area (Å²) < 4.78 is 0. The lowest BCUT2D eigenvalue weighted by molar-refractivity contribution is -0.126. The Labute approximate surface area is 91.8 Å². The van der Waals surface area contributed by atoms with E-state index >= 15 is 0 Å². The zero-order chi connectivity index (χ0) is 11.3. The van der Waals surface area contributed by atoms with E-state index in [0.29, 0.717) is 18.9 Å². The molecule has 0 aromatic carbocycles. The topological polar surface area (TPSA) is 55.1 Å². The van der Waals surface area contributed by atoms with Crippen LogP contribution in [0.1, 0.15) is 32.6 Å². The average Bonchev–Trinajstić information content (AvgIpc) is 2.65. The summed E-state index contributed by atoms with van der Waals surface area (Å²) in [6.07, 6.45) is 8.94. The van der Waals surface area contributed by atoms with E-state index in [0.717, 1.165) is 19.3 Å². The quantitative estimate of drug-likeness (QED) is 0.674. The molecule has 3 heteroatoms. The molecule has 3 N–H and O–H groups in total. The molecule has 3 nitrogen and oxygen atoms in total. The van der Waals surface area contributed by atoms with Crippen LogP contribution in [0.2, 0.25) is 0 Å². The summed E-state index contributed by atoms with van der Waals surface area (Å²) in [5.41, 5.74) is 5.64. The summed E-state index contributed by atoms with van der Waals surface area (Å²) in [4.78, 5) is 11.9. The summed E-state index contributed by atoms with van der Waals surface area (Å²) in [6, 6.07) is 0.0709. The molecule has 84 valence electrons. The molecule has 0 saturated heterocycles. The van der Waals surface area contributed by atoms with Crippen LogP contribution in [-0.2, 0) is 4.79 Å². The van der Waals surface area contributed by atoms with Crippen molar-refractivity contribution in [1.82, 2.24) is 5.32 Å². The molecule has 0 spiro atoms. The number of carbonyl (C=O) groups excluding carboxylic acids is 1. The second-order valence-electron chi connectivity index (χ2n) is 4.35. The van der Waals surface area contributed by atoms with Gasteiger partial charge in [0.1, 0.15) is 0 Å². The van der Waals surface area contributed by atoms with Crippen LogP contribution >= 0.6 is 0 Å². The lowest BCUT2D eigenvalue weighted by Gasteiger charge is -2.19. The van der Waals surface area contributed by atoms with Gasteiger partial charge in [0.25, 0.3) is 0 Å². The summed E-state index contributed by atoms with van der Waals surface area (Å²) >= 11 is 0. The van der Waals surface area contributed by atoms with E-state index in [1.165, 1.54) is 0 Å². The Morgan fingerprint density at radius 3 is 3.00 bits per heavy atom. The van der Waals surface area contributed by atoms with Gasteiger partial charge in [0, 0.05) is 18.4 Å². The van der Waals surface area contributed by atoms with Crippen molar-refractivity contribution in [1.29, 1.82) is 0 Å². The summed E-state index contributed by atoms with van der Waals surface area (Å²) in [5.74, 6) is 3.15. The third-order valence-corrected chi connectivity index (χ3v) is 3.11. The van der Waals surface area contributed by atoms with Crippen molar-refractivity contribution in [3.05, 3.63) is 0 Å². The molecule has 1 aliphatic carbocycles. The van der Waals surface area contributed by atoms with Gasteiger partial charge in [-0.2, -0.15) is 0 Å². The zero-order valence-corrected chi connectivity index (χ0v) is 9.33. The highest BCUT2D eigenvalue weighted by Crippen LogP contribution is 2.30. The molecule has 15 heavy (non-hydrogen) atoms. The van der Waals surface area contributed by atoms with Gasteiger partial charge in [-0.15, -0.1) is 12.3 Å². The molecule has 1 saturated carbocycles. The second-order valence-corrected chi connectivity index (χ2v) is 4.35. The standard InChI is InChI=1S/C12H20N2O/c1-3-5-9(2)14-12(15)11-7-4-6-10(11)8-13/h1,9-11H,4-8,13H2,2H3,(H,14,15). The number of rotatable bonds is 4. The third kappa shape index (κ3) is 3.24. The van der Waals surface area contributed by atoms with Gasteiger partial charge in [0.2, 0.25) is 5.91 Å². The lowest BCUT2D eigenvalue weighted by Crippen LogP contribution is -2.39. The Balaban J connectivity index is 2.43. The SMILES string of the molecule is C#CCC(C)NC(=O)C1CCCC1CN. The number of hydrogen-bond donors (Lipinski definition) is 2. The van der Waals surface area contributed by atoms with Crippen molar-refractivity contribution >= 4 is 5.91 Å². The van der Waals surface area contributed by atoms with Gasteiger partial charge in [-0.1, -0.05) is 6.42 Å². The van der Waals surface area contributed by atoms with Crippen LogP contribution in [0.15, 0.2) is 0 Å². The van der Waals surface area contributed by atoms with Crippen LogP contribution in [0.25, 0.3) is 0 Å². The van der Waals surface area contributed by atoms with Crippen LogP contribution in [0.3, 0.4) is 0 Å². The molecule has 0 bridgehead atoms. The maximum atomic E-state index is 11.9. The van der Waals surface area contributed by atoms with E-state index in [1.54, 1.807) is 0 Å². The smallest absolute Gasteiger partial charge is 0.223 e. The molecule has 1 fully saturated rings. The Morgan fingerprint density at radius 1 is 1.67 bits per heavy atom. The van der Waals surface area contributed by atoms with Crippen molar-refractivity contribution in [3.63, 3.8) is 0 Å². The molecule has 0 aromatic rings. The van der Waals surface area contributed by atoms with Gasteiger partial charge in [-0.05, 0) is 32.2 Å². The minimum Gasteiger partial charge on any atom is -0.352 e. The van der Waals surface area contributed by atoms with E-state index in [9.17, 15) is 4.79 Å². The monoisotopic (exact) mass is 208 g/mol. The fourth-order valence-corrected chi connectivity index (χ4v) is 2.24. The van der Waals surface area contributed by atoms with Crippen LogP contribution < -0.4 is 11.1 Å². The molecular weight excluding hydrogens is 188 g/mol. The fourth-order valence-electron chi connectivity index (χ4n) is 2.24. The molecule has 0 aliphatic heterocycles. The van der Waals surface area contributed by atoms with Crippen LogP contribution in [0.5, 0.6) is 0 Å². The first-order valence-corrected chi connectivity index (χ1v) is 5.63. The van der Waals surface area contributed by atoms with Crippen molar-refractivity contribution in [2.24, 2.45) is 17.6 Å². The van der Waals surface area contributed by atoms with E-state index in [-0.39, 0.29) is 17.9 Å². The summed E-state index contributed by atoms with van der Waals surface area (Å²) in [5, 5.41) is 2.95. The normalized spacial score (nSPS) is 27.0. The largest absolute Gasteiger partial charge is 0.352 e. The van der Waals surface area contributed by atoms with E-state index < -0.39 is 0 Å². The number of amides is 1. The van der Waals surface area contributed by atoms with Gasteiger partial charge in [-0.25, -0.2) is 0 Å². The van der Waals surface area contributed by atoms with Crippen molar-refractivity contribution in [2.75, 3.05) is 6.54 Å². The summed E-state index contributed by atoms with van der Waals surface area (Å²) in [6.45, 7) is 2.55. The fraction of sp³-hybridized carbons (Fsp3) is 0.750. The Kier molecular flexibility index (Phi) is 4.64. The molecule has 1 rings (SSSR count). The highest BCUT2D eigenvalue weighted by atomic mass is 16.1. The molecule has 3 unspecified atom stereocenters. The van der Waals surface area contributed by atoms with Crippen molar-refractivity contribution < 1.29 is 4.79 Å². The van der Waals surface area contributed by atoms with Gasteiger partial charge in [-0.3, -0.25) is 4.79 Å². The van der Waals surface area contributed by atoms with Gasteiger partial charge >= 0.3 is 0 Å². The first-order chi connectivity index (χ1) is 7.19. The molecule has 0 radical (unpaired) electrons. The van der Waals surface area contributed by atoms with E-state index in [2.05, 4.69) is 11.2 Å². The number of carbonyl (C=O) groups is 1. The Hall–Kier alpha value is -1.01. The van der Waals surface area contributed by atoms with E-state index in [4.69, 9.17) is 12.2 Å². The molecule has 0 heterocycles. The van der Waals surface area contributed by atoms with Crippen LogP contribution in [0, 0.1) is 24.2 Å². The second kappa shape index (κ2) is 5.77. The van der Waals surface area contributed by atoms with Crippen LogP contribution in [0.4, 0.5) is 0 Å². The van der Waals surface area contributed by atoms with E-state index in [1.807, 2.05) is 6.92 Å². The first-order valence-electron chi connectivity index (χ1n) is 5.63. The Morgan fingerprint density at radius 2 is 2.40 bits per heavy atom.